The zero-order valence-electron chi connectivity index (χ0n) is 5.65. The molecule has 0 spiro atoms. The second kappa shape index (κ2) is 5.06. The molecule has 0 aliphatic heterocycles. The Morgan fingerprint density at radius 2 is 2.25 bits per heavy atom. The Hall–Kier alpha value is -0.0800. The molecule has 0 aliphatic carbocycles. The maximum Gasteiger partial charge on any atom is 0.0247 e. The fourth-order valence-electron chi connectivity index (χ4n) is 0.402. The summed E-state index contributed by atoms with van der Waals surface area (Å²) in [6.07, 6.45) is 0. The lowest BCUT2D eigenvalue weighted by Gasteiger charge is -2.03. The molecule has 3 N–H and O–H groups in total. The smallest absolute Gasteiger partial charge is 0.0247 e. The molecule has 0 aromatic heterocycles. The lowest BCUT2D eigenvalue weighted by molar-refractivity contribution is 0.645. The number of nitrogens with two attached hydrogens (primary N) is 1. The van der Waals surface area contributed by atoms with Gasteiger partial charge in [0, 0.05) is 19.6 Å². The van der Waals surface area contributed by atoms with Gasteiger partial charge in [-0.1, -0.05) is 13.8 Å². The summed E-state index contributed by atoms with van der Waals surface area (Å²) in [6.45, 7) is 7.90. The summed E-state index contributed by atoms with van der Waals surface area (Å²) in [6, 6.07) is 0. The van der Waals surface area contributed by atoms with E-state index in [1.54, 1.807) is 0 Å². The van der Waals surface area contributed by atoms with Crippen LogP contribution in [0.4, 0.5) is 0 Å². The van der Waals surface area contributed by atoms with Crippen LogP contribution >= 0.6 is 0 Å². The Bertz CT molecular complexity index is 43.8. The fourth-order valence-corrected chi connectivity index (χ4v) is 0.402. The first-order valence-electron chi connectivity index (χ1n) is 3.04. The average Bonchev–Trinajstić information content (AvgIpc) is 1.66. The van der Waals surface area contributed by atoms with E-state index in [2.05, 4.69) is 19.2 Å². The standard InChI is InChI=1S/C6H15N2/c1-6(2)5-8-4-3-7/h5-6,8H,3-4,7H2,1-2H3. The van der Waals surface area contributed by atoms with Gasteiger partial charge < -0.3 is 11.1 Å². The Labute approximate surface area is 51.5 Å². The van der Waals surface area contributed by atoms with Gasteiger partial charge in [-0.25, -0.2) is 0 Å². The highest BCUT2D eigenvalue weighted by Crippen LogP contribution is 1.90. The van der Waals surface area contributed by atoms with Crippen molar-refractivity contribution in [1.82, 2.24) is 5.32 Å². The molecule has 0 bridgehead atoms. The molecule has 0 amide bonds. The second-order valence-electron chi connectivity index (χ2n) is 2.15. The van der Waals surface area contributed by atoms with E-state index >= 15 is 0 Å². The van der Waals surface area contributed by atoms with Crippen molar-refractivity contribution in [3.05, 3.63) is 6.54 Å². The largest absolute Gasteiger partial charge is 0.329 e. The van der Waals surface area contributed by atoms with Crippen molar-refractivity contribution in [2.75, 3.05) is 13.1 Å². The van der Waals surface area contributed by atoms with Crippen molar-refractivity contribution in [3.8, 4) is 0 Å². The number of nitrogens with one attached hydrogen (secondary N) is 1. The highest BCUT2D eigenvalue weighted by Gasteiger charge is 1.89. The SMILES string of the molecule is CC(C)[CH]NCCN. The lowest BCUT2D eigenvalue weighted by Crippen LogP contribution is -2.21. The Morgan fingerprint density at radius 3 is 2.62 bits per heavy atom. The Morgan fingerprint density at radius 1 is 1.62 bits per heavy atom. The summed E-state index contributed by atoms with van der Waals surface area (Å²) in [5.74, 6) is 0.613. The molecule has 0 unspecified atom stereocenters. The molecule has 0 fully saturated rings. The van der Waals surface area contributed by atoms with Crippen LogP contribution in [0.1, 0.15) is 13.8 Å². The summed E-state index contributed by atoms with van der Waals surface area (Å²) in [5.41, 5.74) is 5.23. The normalized spacial score (nSPS) is 10.5. The highest BCUT2D eigenvalue weighted by molar-refractivity contribution is 4.64. The molecular formula is C6H15N2. The first kappa shape index (κ1) is 7.92. The van der Waals surface area contributed by atoms with Gasteiger partial charge in [0.1, 0.15) is 0 Å². The molecule has 0 aromatic rings. The van der Waals surface area contributed by atoms with Crippen LogP contribution in [0.15, 0.2) is 0 Å². The monoisotopic (exact) mass is 115 g/mol. The molecular weight excluding hydrogens is 100 g/mol. The summed E-state index contributed by atoms with van der Waals surface area (Å²) in [7, 11) is 0. The fraction of sp³-hybridized carbons (Fsp3) is 0.833. The van der Waals surface area contributed by atoms with Crippen LogP contribution in [0.25, 0.3) is 0 Å². The van der Waals surface area contributed by atoms with Crippen molar-refractivity contribution in [2.24, 2.45) is 11.7 Å². The number of hydrogen-bond donors (Lipinski definition) is 2. The number of hydrogen-bond acceptors (Lipinski definition) is 2. The van der Waals surface area contributed by atoms with Gasteiger partial charge in [0.2, 0.25) is 0 Å². The van der Waals surface area contributed by atoms with E-state index in [9.17, 15) is 0 Å². The van der Waals surface area contributed by atoms with Gasteiger partial charge in [-0.15, -0.1) is 0 Å². The van der Waals surface area contributed by atoms with E-state index in [1.807, 2.05) is 6.54 Å². The predicted molar refractivity (Wildman–Crippen MR) is 36.2 cm³/mol. The van der Waals surface area contributed by atoms with Gasteiger partial charge in [0.25, 0.3) is 0 Å². The second-order valence-corrected chi connectivity index (χ2v) is 2.15. The maximum atomic E-state index is 5.23. The molecule has 49 valence electrons. The van der Waals surface area contributed by atoms with Crippen LogP contribution < -0.4 is 11.1 Å². The van der Waals surface area contributed by atoms with Crippen molar-refractivity contribution in [1.29, 1.82) is 0 Å². The molecule has 8 heavy (non-hydrogen) atoms. The van der Waals surface area contributed by atoms with Gasteiger partial charge in [-0.05, 0) is 5.92 Å². The van der Waals surface area contributed by atoms with Crippen molar-refractivity contribution < 1.29 is 0 Å². The maximum absolute atomic E-state index is 5.23. The summed E-state index contributed by atoms with van der Waals surface area (Å²) in [4.78, 5) is 0. The third kappa shape index (κ3) is 5.92. The predicted octanol–water partition coefficient (Wildman–Crippen LogP) is 0.352. The van der Waals surface area contributed by atoms with Crippen LogP contribution in [0, 0.1) is 12.5 Å². The van der Waals surface area contributed by atoms with E-state index in [0.29, 0.717) is 12.5 Å². The molecule has 0 aliphatic rings. The summed E-state index contributed by atoms with van der Waals surface area (Å²) >= 11 is 0. The third-order valence-corrected chi connectivity index (χ3v) is 0.740. The number of rotatable bonds is 4. The van der Waals surface area contributed by atoms with Crippen LogP contribution in [0.2, 0.25) is 0 Å². The van der Waals surface area contributed by atoms with E-state index in [0.717, 1.165) is 6.54 Å². The van der Waals surface area contributed by atoms with E-state index in [4.69, 9.17) is 5.73 Å². The van der Waals surface area contributed by atoms with Gasteiger partial charge in [-0.3, -0.25) is 0 Å². The molecule has 0 rings (SSSR count). The van der Waals surface area contributed by atoms with Gasteiger partial charge in [0.15, 0.2) is 0 Å². The van der Waals surface area contributed by atoms with Gasteiger partial charge in [0.05, 0.1) is 0 Å². The minimum atomic E-state index is 0.613. The van der Waals surface area contributed by atoms with Crippen molar-refractivity contribution in [2.45, 2.75) is 13.8 Å². The summed E-state index contributed by atoms with van der Waals surface area (Å²) in [5, 5.41) is 3.08. The van der Waals surface area contributed by atoms with Crippen LogP contribution in [0.3, 0.4) is 0 Å². The molecule has 0 aromatic carbocycles. The molecule has 2 nitrogen and oxygen atoms in total. The van der Waals surface area contributed by atoms with Crippen molar-refractivity contribution in [3.63, 3.8) is 0 Å². The minimum Gasteiger partial charge on any atom is -0.329 e. The molecule has 0 atom stereocenters. The van der Waals surface area contributed by atoms with Crippen LogP contribution in [0.5, 0.6) is 0 Å². The third-order valence-electron chi connectivity index (χ3n) is 0.740. The zero-order chi connectivity index (χ0) is 6.41. The molecule has 1 radical (unpaired) electrons. The Balaban J connectivity index is 2.72. The van der Waals surface area contributed by atoms with E-state index < -0.39 is 0 Å². The molecule has 2 heteroatoms. The molecule has 0 saturated heterocycles. The Kier molecular flexibility index (Phi) is 5.01. The summed E-state index contributed by atoms with van der Waals surface area (Å²) < 4.78 is 0. The van der Waals surface area contributed by atoms with Crippen LogP contribution in [-0.2, 0) is 0 Å². The van der Waals surface area contributed by atoms with Gasteiger partial charge in [-0.2, -0.15) is 0 Å². The first-order chi connectivity index (χ1) is 3.77. The topological polar surface area (TPSA) is 38.0 Å². The zero-order valence-corrected chi connectivity index (χ0v) is 5.65. The minimum absolute atomic E-state index is 0.613. The molecule has 0 heterocycles. The van der Waals surface area contributed by atoms with E-state index in [-0.39, 0.29) is 0 Å². The van der Waals surface area contributed by atoms with Gasteiger partial charge >= 0.3 is 0 Å². The molecule has 0 saturated carbocycles. The van der Waals surface area contributed by atoms with Crippen molar-refractivity contribution >= 4 is 0 Å². The highest BCUT2D eigenvalue weighted by atomic mass is 14.9. The van der Waals surface area contributed by atoms with Crippen LogP contribution in [-0.4, -0.2) is 13.1 Å². The quantitative estimate of drug-likeness (QED) is 0.519. The lowest BCUT2D eigenvalue weighted by atomic mass is 10.2. The first-order valence-corrected chi connectivity index (χ1v) is 3.04. The average molecular weight is 115 g/mol. The van der Waals surface area contributed by atoms with E-state index in [1.165, 1.54) is 0 Å².